The van der Waals surface area contributed by atoms with Crippen molar-refractivity contribution in [2.75, 3.05) is 0 Å². The average molecular weight is 265 g/mol. The zero-order valence-corrected chi connectivity index (χ0v) is 14.3. The van der Waals surface area contributed by atoms with E-state index >= 15 is 0 Å². The molecule has 0 bridgehead atoms. The highest BCUT2D eigenvalue weighted by molar-refractivity contribution is 6.76. The molecular weight excluding hydrogens is 232 g/mol. The lowest BCUT2D eigenvalue weighted by molar-refractivity contribution is 0.220. The van der Waals surface area contributed by atoms with E-state index in [0.29, 0.717) is 5.41 Å². The molecule has 18 heavy (non-hydrogen) atoms. The molecule has 0 saturated heterocycles. The Morgan fingerprint density at radius 2 is 1.89 bits per heavy atom. The predicted octanol–water partition coefficient (Wildman–Crippen LogP) is 6.04. The predicted molar refractivity (Wildman–Crippen MR) is 86.8 cm³/mol. The Bertz CT molecular complexity index is 309. The Kier molecular flexibility index (Phi) is 5.45. The Hall–Kier alpha value is -0.303. The number of hydrogen-bond donors (Lipinski definition) is 0. The van der Waals surface area contributed by atoms with Crippen molar-refractivity contribution < 1.29 is 0 Å². The van der Waals surface area contributed by atoms with E-state index in [1.165, 1.54) is 31.7 Å². The van der Waals surface area contributed by atoms with Crippen LogP contribution >= 0.6 is 0 Å². The van der Waals surface area contributed by atoms with Gasteiger partial charge >= 0.3 is 0 Å². The maximum atomic E-state index is 2.51. The third-order valence-electron chi connectivity index (χ3n) is 4.01. The van der Waals surface area contributed by atoms with Crippen molar-refractivity contribution in [3.05, 3.63) is 23.8 Å². The second kappa shape index (κ2) is 6.23. The molecule has 0 aromatic carbocycles. The average Bonchev–Trinajstić information content (AvgIpc) is 2.22. The molecule has 0 saturated carbocycles. The summed E-state index contributed by atoms with van der Waals surface area (Å²) < 4.78 is 0. The Balaban J connectivity index is 2.36. The molecule has 0 amide bonds. The lowest BCUT2D eigenvalue weighted by Gasteiger charge is -2.33. The van der Waals surface area contributed by atoms with Crippen LogP contribution in [0, 0.1) is 11.3 Å². The van der Waals surface area contributed by atoms with Crippen molar-refractivity contribution in [2.45, 2.75) is 72.1 Å². The van der Waals surface area contributed by atoms with E-state index in [0.717, 1.165) is 5.92 Å². The SMILES string of the molecule is CC(C)(C)C1CC=C(C/C=C/C[Si](C)(C)C)CC1. The van der Waals surface area contributed by atoms with Crippen LogP contribution in [0.2, 0.25) is 25.7 Å². The fourth-order valence-corrected chi connectivity index (χ4v) is 3.41. The fraction of sp³-hybridized carbons (Fsp3) is 0.765. The first-order valence-corrected chi connectivity index (χ1v) is 11.2. The van der Waals surface area contributed by atoms with Gasteiger partial charge in [-0.3, -0.25) is 0 Å². The van der Waals surface area contributed by atoms with Crippen molar-refractivity contribution in [2.24, 2.45) is 11.3 Å². The summed E-state index contributed by atoms with van der Waals surface area (Å²) >= 11 is 0. The van der Waals surface area contributed by atoms with Crippen LogP contribution in [0.5, 0.6) is 0 Å². The quantitative estimate of drug-likeness (QED) is 0.429. The molecule has 1 unspecified atom stereocenters. The van der Waals surface area contributed by atoms with Gasteiger partial charge in [0.05, 0.1) is 0 Å². The smallest absolute Gasteiger partial charge is 0.0480 e. The second-order valence-electron chi connectivity index (χ2n) is 8.14. The summed E-state index contributed by atoms with van der Waals surface area (Å²) in [4.78, 5) is 0. The highest BCUT2D eigenvalue weighted by Gasteiger charge is 2.25. The molecule has 0 heterocycles. The topological polar surface area (TPSA) is 0 Å². The van der Waals surface area contributed by atoms with Crippen molar-refractivity contribution in [1.82, 2.24) is 0 Å². The molecule has 0 N–H and O–H groups in total. The minimum Gasteiger partial charge on any atom is -0.0909 e. The standard InChI is InChI=1S/C17H32Si/c1-17(2,3)16-12-10-15(11-13-16)9-7-8-14-18(4,5)6/h7-8,10,16H,9,11-14H2,1-6H3/b8-7+. The summed E-state index contributed by atoms with van der Waals surface area (Å²) in [5, 5.41) is 0. The van der Waals surface area contributed by atoms with Crippen molar-refractivity contribution in [1.29, 1.82) is 0 Å². The van der Waals surface area contributed by atoms with Gasteiger partial charge in [-0.15, -0.1) is 0 Å². The van der Waals surface area contributed by atoms with Gasteiger partial charge in [0.2, 0.25) is 0 Å². The third kappa shape index (κ3) is 6.04. The zero-order valence-electron chi connectivity index (χ0n) is 13.3. The molecule has 0 aliphatic heterocycles. The molecule has 1 aliphatic carbocycles. The molecule has 0 nitrogen and oxygen atoms in total. The van der Waals surface area contributed by atoms with E-state index in [-0.39, 0.29) is 0 Å². The second-order valence-corrected chi connectivity index (χ2v) is 13.7. The first-order chi connectivity index (χ1) is 8.18. The summed E-state index contributed by atoms with van der Waals surface area (Å²) in [6.45, 7) is 14.4. The molecular formula is C17H32Si. The molecule has 0 fully saturated rings. The van der Waals surface area contributed by atoms with Gasteiger partial charge < -0.3 is 0 Å². The first-order valence-electron chi connectivity index (χ1n) is 7.51. The fourth-order valence-electron chi connectivity index (χ4n) is 2.53. The summed E-state index contributed by atoms with van der Waals surface area (Å²) in [5.41, 5.74) is 2.15. The van der Waals surface area contributed by atoms with Crippen LogP contribution < -0.4 is 0 Å². The van der Waals surface area contributed by atoms with Crippen LogP contribution in [0.25, 0.3) is 0 Å². The van der Waals surface area contributed by atoms with Crippen molar-refractivity contribution >= 4 is 8.07 Å². The Labute approximate surface area is 116 Å². The molecule has 0 spiro atoms. The van der Waals surface area contributed by atoms with Crippen LogP contribution in [-0.4, -0.2) is 8.07 Å². The Morgan fingerprint density at radius 3 is 2.33 bits per heavy atom. The van der Waals surface area contributed by atoms with Crippen molar-refractivity contribution in [3.63, 3.8) is 0 Å². The molecule has 1 rings (SSSR count). The highest BCUT2D eigenvalue weighted by Crippen LogP contribution is 2.37. The molecule has 0 aromatic heterocycles. The highest BCUT2D eigenvalue weighted by atomic mass is 28.3. The molecule has 104 valence electrons. The summed E-state index contributed by atoms with van der Waals surface area (Å²) in [6, 6.07) is 1.32. The number of rotatable bonds is 4. The first kappa shape index (κ1) is 15.8. The number of allylic oxidation sites excluding steroid dienone is 4. The normalized spacial score (nSPS) is 22.3. The summed E-state index contributed by atoms with van der Waals surface area (Å²) in [5.74, 6) is 0.882. The van der Waals surface area contributed by atoms with Crippen LogP contribution in [0.1, 0.15) is 46.5 Å². The van der Waals surface area contributed by atoms with E-state index in [1.807, 2.05) is 0 Å². The van der Waals surface area contributed by atoms with Crippen LogP contribution in [0.3, 0.4) is 0 Å². The van der Waals surface area contributed by atoms with E-state index in [1.54, 1.807) is 5.57 Å². The van der Waals surface area contributed by atoms with Crippen LogP contribution in [0.4, 0.5) is 0 Å². The molecule has 1 atom stereocenters. The van der Waals surface area contributed by atoms with Gasteiger partial charge in [-0.05, 0) is 43.1 Å². The summed E-state index contributed by atoms with van der Waals surface area (Å²) in [6.07, 6.45) is 12.5. The maximum absolute atomic E-state index is 2.51. The molecule has 1 aliphatic rings. The minimum atomic E-state index is -0.886. The molecule has 0 aromatic rings. The van der Waals surface area contributed by atoms with Crippen LogP contribution in [-0.2, 0) is 0 Å². The largest absolute Gasteiger partial charge is 0.0909 e. The summed E-state index contributed by atoms with van der Waals surface area (Å²) in [7, 11) is -0.886. The van der Waals surface area contributed by atoms with Gasteiger partial charge in [-0.25, -0.2) is 0 Å². The van der Waals surface area contributed by atoms with Crippen molar-refractivity contribution in [3.8, 4) is 0 Å². The lowest BCUT2D eigenvalue weighted by atomic mass is 9.73. The third-order valence-corrected chi connectivity index (χ3v) is 5.47. The minimum absolute atomic E-state index is 0.482. The monoisotopic (exact) mass is 264 g/mol. The molecule has 1 heteroatoms. The van der Waals surface area contributed by atoms with E-state index in [2.05, 4.69) is 58.6 Å². The van der Waals surface area contributed by atoms with Crippen LogP contribution in [0.15, 0.2) is 23.8 Å². The number of hydrogen-bond acceptors (Lipinski definition) is 0. The van der Waals surface area contributed by atoms with Gasteiger partial charge in [-0.1, -0.05) is 64.2 Å². The lowest BCUT2D eigenvalue weighted by Crippen LogP contribution is -2.22. The van der Waals surface area contributed by atoms with E-state index in [4.69, 9.17) is 0 Å². The Morgan fingerprint density at radius 1 is 1.22 bits per heavy atom. The van der Waals surface area contributed by atoms with Gasteiger partial charge in [0.15, 0.2) is 0 Å². The van der Waals surface area contributed by atoms with E-state index in [9.17, 15) is 0 Å². The van der Waals surface area contributed by atoms with Gasteiger partial charge in [0.1, 0.15) is 0 Å². The zero-order chi connectivity index (χ0) is 13.8. The van der Waals surface area contributed by atoms with Gasteiger partial charge in [-0.2, -0.15) is 0 Å². The maximum Gasteiger partial charge on any atom is 0.0480 e. The van der Waals surface area contributed by atoms with Gasteiger partial charge in [0.25, 0.3) is 0 Å². The van der Waals surface area contributed by atoms with E-state index < -0.39 is 8.07 Å². The van der Waals surface area contributed by atoms with Gasteiger partial charge in [0, 0.05) is 8.07 Å². The molecule has 0 radical (unpaired) electrons.